The van der Waals surface area contributed by atoms with Gasteiger partial charge in [0, 0.05) is 12.1 Å². The van der Waals surface area contributed by atoms with Gasteiger partial charge in [-0.25, -0.2) is 0 Å². The molecule has 2 nitrogen and oxygen atoms in total. The molecule has 1 aromatic rings. The fourth-order valence-electron chi connectivity index (χ4n) is 2.01. The zero-order valence-corrected chi connectivity index (χ0v) is 11.8. The Morgan fingerprint density at radius 1 is 1.22 bits per heavy atom. The van der Waals surface area contributed by atoms with Crippen LogP contribution in [0.1, 0.15) is 64.4 Å². The molecule has 0 heterocycles. The molecule has 0 saturated heterocycles. The lowest BCUT2D eigenvalue weighted by Crippen LogP contribution is -2.13. The predicted molar refractivity (Wildman–Crippen MR) is 77.9 cm³/mol. The van der Waals surface area contributed by atoms with Gasteiger partial charge in [0.1, 0.15) is 0 Å². The van der Waals surface area contributed by atoms with Crippen molar-refractivity contribution in [3.8, 4) is 0 Å². The van der Waals surface area contributed by atoms with Crippen LogP contribution in [-0.2, 0) is 4.79 Å². The summed E-state index contributed by atoms with van der Waals surface area (Å²) in [5.41, 5.74) is 2.22. The number of carbonyl (C=O) groups excluding carboxylic acids is 1. The molecule has 0 fully saturated rings. The summed E-state index contributed by atoms with van der Waals surface area (Å²) in [4.78, 5) is 11.8. The van der Waals surface area contributed by atoms with Crippen molar-refractivity contribution in [3.63, 3.8) is 0 Å². The van der Waals surface area contributed by atoms with Crippen LogP contribution in [0.2, 0.25) is 0 Å². The number of carbonyl (C=O) groups is 1. The number of rotatable bonds is 7. The molecule has 0 saturated carbocycles. The van der Waals surface area contributed by atoms with Crippen LogP contribution in [0.15, 0.2) is 24.3 Å². The van der Waals surface area contributed by atoms with E-state index in [0.29, 0.717) is 12.3 Å². The van der Waals surface area contributed by atoms with Gasteiger partial charge in [0.2, 0.25) is 5.91 Å². The number of nitrogens with one attached hydrogen (secondary N) is 1. The van der Waals surface area contributed by atoms with Crippen molar-refractivity contribution < 1.29 is 4.79 Å². The summed E-state index contributed by atoms with van der Waals surface area (Å²) in [7, 11) is 0. The topological polar surface area (TPSA) is 29.1 Å². The molecular formula is C16H25NO. The molecule has 0 radical (unpaired) electrons. The van der Waals surface area contributed by atoms with Crippen molar-refractivity contribution in [2.45, 2.75) is 58.8 Å². The molecule has 100 valence electrons. The minimum Gasteiger partial charge on any atom is -0.326 e. The van der Waals surface area contributed by atoms with Crippen molar-refractivity contribution in [2.24, 2.45) is 0 Å². The highest BCUT2D eigenvalue weighted by Crippen LogP contribution is 2.26. The van der Waals surface area contributed by atoms with Crippen LogP contribution < -0.4 is 5.32 Å². The van der Waals surface area contributed by atoms with E-state index in [-0.39, 0.29) is 5.91 Å². The molecule has 0 bridgehead atoms. The normalized spacial score (nSPS) is 12.2. The average molecular weight is 247 g/mol. The Morgan fingerprint density at radius 3 is 2.61 bits per heavy atom. The van der Waals surface area contributed by atoms with Gasteiger partial charge in [-0.2, -0.15) is 0 Å². The Hall–Kier alpha value is -1.31. The minimum absolute atomic E-state index is 0.138. The molecule has 1 atom stereocenters. The Bertz CT molecular complexity index is 373. The van der Waals surface area contributed by atoms with Gasteiger partial charge in [-0.3, -0.25) is 4.79 Å². The Labute approximate surface area is 111 Å². The number of benzene rings is 1. The van der Waals surface area contributed by atoms with Gasteiger partial charge < -0.3 is 5.32 Å². The lowest BCUT2D eigenvalue weighted by atomic mass is 9.97. The second-order valence-electron chi connectivity index (χ2n) is 4.90. The van der Waals surface area contributed by atoms with Crippen LogP contribution in [0.5, 0.6) is 0 Å². The fraction of sp³-hybridized carbons (Fsp3) is 0.562. The van der Waals surface area contributed by atoms with Gasteiger partial charge >= 0.3 is 0 Å². The van der Waals surface area contributed by atoms with Gasteiger partial charge in [-0.15, -0.1) is 0 Å². The van der Waals surface area contributed by atoms with Crippen LogP contribution >= 0.6 is 0 Å². The zero-order valence-electron chi connectivity index (χ0n) is 11.8. The highest BCUT2D eigenvalue weighted by molar-refractivity contribution is 5.91. The molecule has 1 aromatic carbocycles. The summed E-state index contributed by atoms with van der Waals surface area (Å²) in [6.07, 6.45) is 4.97. The smallest absolute Gasteiger partial charge is 0.224 e. The number of anilines is 1. The molecule has 0 aromatic heterocycles. The van der Waals surface area contributed by atoms with Crippen molar-refractivity contribution in [1.29, 1.82) is 0 Å². The first kappa shape index (κ1) is 14.7. The number of hydrogen-bond donors (Lipinski definition) is 1. The van der Waals surface area contributed by atoms with Gasteiger partial charge in [0.15, 0.2) is 0 Å². The lowest BCUT2D eigenvalue weighted by molar-refractivity contribution is -0.116. The van der Waals surface area contributed by atoms with Gasteiger partial charge in [-0.05, 0) is 30.4 Å². The first-order valence-corrected chi connectivity index (χ1v) is 7.07. The second kappa shape index (κ2) is 7.91. The van der Waals surface area contributed by atoms with E-state index in [1.54, 1.807) is 0 Å². The van der Waals surface area contributed by atoms with E-state index in [2.05, 4.69) is 32.2 Å². The highest BCUT2D eigenvalue weighted by atomic mass is 16.1. The summed E-state index contributed by atoms with van der Waals surface area (Å²) >= 11 is 0. The second-order valence-corrected chi connectivity index (χ2v) is 4.90. The standard InChI is InChI=1S/C16H25NO/c1-4-6-7-12-16(18)17-15-11-9-8-10-14(15)13(3)5-2/h8-11,13H,4-7,12H2,1-3H3,(H,17,18)/t13-/m0/s1. The van der Waals surface area contributed by atoms with Crippen LogP contribution in [0, 0.1) is 0 Å². The van der Waals surface area contributed by atoms with Crippen molar-refractivity contribution in [2.75, 3.05) is 5.32 Å². The number of amides is 1. The Morgan fingerprint density at radius 2 is 1.94 bits per heavy atom. The Balaban J connectivity index is 2.63. The predicted octanol–water partition coefficient (Wildman–Crippen LogP) is 4.72. The molecule has 1 N–H and O–H groups in total. The zero-order chi connectivity index (χ0) is 13.4. The monoisotopic (exact) mass is 247 g/mol. The minimum atomic E-state index is 0.138. The maximum absolute atomic E-state index is 11.8. The third-order valence-corrected chi connectivity index (χ3v) is 3.39. The van der Waals surface area contributed by atoms with E-state index in [4.69, 9.17) is 0 Å². The van der Waals surface area contributed by atoms with Crippen LogP contribution in [0.4, 0.5) is 5.69 Å². The summed E-state index contributed by atoms with van der Waals surface area (Å²) < 4.78 is 0. The summed E-state index contributed by atoms with van der Waals surface area (Å²) in [6, 6.07) is 8.12. The van der Waals surface area contributed by atoms with E-state index in [0.717, 1.165) is 31.4 Å². The summed E-state index contributed by atoms with van der Waals surface area (Å²) in [5.74, 6) is 0.622. The Kier molecular flexibility index (Phi) is 6.48. The van der Waals surface area contributed by atoms with Gasteiger partial charge in [-0.1, -0.05) is 51.8 Å². The van der Waals surface area contributed by atoms with Crippen LogP contribution in [0.25, 0.3) is 0 Å². The van der Waals surface area contributed by atoms with Gasteiger partial charge in [0.25, 0.3) is 0 Å². The molecule has 0 spiro atoms. The summed E-state index contributed by atoms with van der Waals surface area (Å²) in [5, 5.41) is 3.05. The molecule has 0 unspecified atom stereocenters. The van der Waals surface area contributed by atoms with Crippen molar-refractivity contribution >= 4 is 11.6 Å². The lowest BCUT2D eigenvalue weighted by Gasteiger charge is -2.15. The maximum Gasteiger partial charge on any atom is 0.224 e. The third-order valence-electron chi connectivity index (χ3n) is 3.39. The van der Waals surface area contributed by atoms with Crippen molar-refractivity contribution in [1.82, 2.24) is 0 Å². The number of unbranched alkanes of at least 4 members (excludes halogenated alkanes) is 2. The SMILES string of the molecule is CCCCCC(=O)Nc1ccccc1[C@@H](C)CC. The van der Waals surface area contributed by atoms with Crippen LogP contribution in [0.3, 0.4) is 0 Å². The molecule has 2 heteroatoms. The molecule has 0 aliphatic carbocycles. The molecule has 1 amide bonds. The highest BCUT2D eigenvalue weighted by Gasteiger charge is 2.10. The quantitative estimate of drug-likeness (QED) is 0.694. The first-order chi connectivity index (χ1) is 8.69. The average Bonchev–Trinajstić information content (AvgIpc) is 2.39. The molecule has 1 rings (SSSR count). The van der Waals surface area contributed by atoms with Gasteiger partial charge in [0.05, 0.1) is 0 Å². The van der Waals surface area contributed by atoms with E-state index in [1.165, 1.54) is 5.56 Å². The van der Waals surface area contributed by atoms with E-state index in [1.807, 2.05) is 18.2 Å². The largest absolute Gasteiger partial charge is 0.326 e. The van der Waals surface area contributed by atoms with E-state index < -0.39 is 0 Å². The fourth-order valence-corrected chi connectivity index (χ4v) is 2.01. The van der Waals surface area contributed by atoms with Crippen molar-refractivity contribution in [3.05, 3.63) is 29.8 Å². The number of hydrogen-bond acceptors (Lipinski definition) is 1. The van der Waals surface area contributed by atoms with E-state index >= 15 is 0 Å². The van der Waals surface area contributed by atoms with Crippen LogP contribution in [-0.4, -0.2) is 5.91 Å². The first-order valence-electron chi connectivity index (χ1n) is 7.07. The summed E-state index contributed by atoms with van der Waals surface area (Å²) in [6.45, 7) is 6.52. The number of para-hydroxylation sites is 1. The molecular weight excluding hydrogens is 222 g/mol. The maximum atomic E-state index is 11.8. The molecule has 18 heavy (non-hydrogen) atoms. The third kappa shape index (κ3) is 4.52. The molecule has 0 aliphatic heterocycles. The van der Waals surface area contributed by atoms with E-state index in [9.17, 15) is 4.79 Å². The molecule has 0 aliphatic rings.